The third-order valence-electron chi connectivity index (χ3n) is 3.87. The Balaban J connectivity index is 1.94. The molecule has 106 valence electrons. The molecule has 0 amide bonds. The van der Waals surface area contributed by atoms with Crippen molar-refractivity contribution in [3.05, 3.63) is 29.3 Å². The highest BCUT2D eigenvalue weighted by molar-refractivity contribution is 5.54. The van der Waals surface area contributed by atoms with E-state index in [9.17, 15) is 0 Å². The third-order valence-corrected chi connectivity index (χ3v) is 3.87. The first-order chi connectivity index (χ1) is 9.61. The molecule has 0 saturated carbocycles. The van der Waals surface area contributed by atoms with Gasteiger partial charge in [0.1, 0.15) is 11.5 Å². The lowest BCUT2D eigenvalue weighted by Crippen LogP contribution is -2.31. The highest BCUT2D eigenvalue weighted by atomic mass is 15.1. The zero-order valence-corrected chi connectivity index (χ0v) is 12.3. The Labute approximate surface area is 119 Å². The molecule has 0 bridgehead atoms. The van der Waals surface area contributed by atoms with Crippen molar-refractivity contribution in [2.75, 3.05) is 20.1 Å². The van der Waals surface area contributed by atoms with Crippen molar-refractivity contribution in [3.63, 3.8) is 0 Å². The number of nitrogens with zero attached hydrogens (tertiary/aromatic N) is 4. The number of H-pyrrole nitrogens is 1. The molecule has 0 spiro atoms. The van der Waals surface area contributed by atoms with Crippen molar-refractivity contribution in [3.8, 4) is 11.4 Å². The van der Waals surface area contributed by atoms with Gasteiger partial charge in [-0.3, -0.25) is 5.10 Å². The van der Waals surface area contributed by atoms with Crippen molar-refractivity contribution < 1.29 is 0 Å². The van der Waals surface area contributed by atoms with Crippen LogP contribution < -0.4 is 0 Å². The van der Waals surface area contributed by atoms with E-state index in [1.54, 1.807) is 0 Å². The van der Waals surface area contributed by atoms with Crippen LogP contribution in [0.3, 0.4) is 0 Å². The summed E-state index contributed by atoms with van der Waals surface area (Å²) in [4.78, 5) is 11.6. The lowest BCUT2D eigenvalue weighted by Gasteiger charge is -2.29. The highest BCUT2D eigenvalue weighted by Crippen LogP contribution is 2.27. The molecule has 1 fully saturated rings. The molecule has 2 aromatic heterocycles. The van der Waals surface area contributed by atoms with Crippen molar-refractivity contribution in [1.29, 1.82) is 0 Å². The third kappa shape index (κ3) is 2.72. The Kier molecular flexibility index (Phi) is 3.53. The highest BCUT2D eigenvalue weighted by Gasteiger charge is 2.21. The average molecular weight is 271 g/mol. The number of likely N-dealkylation sites (tertiary alicyclic amines) is 1. The molecule has 5 nitrogen and oxygen atoms in total. The lowest BCUT2D eigenvalue weighted by atomic mass is 9.94. The number of hydrogen-bond donors (Lipinski definition) is 1. The summed E-state index contributed by atoms with van der Waals surface area (Å²) in [6, 6.07) is 4.13. The first kappa shape index (κ1) is 13.2. The van der Waals surface area contributed by atoms with Gasteiger partial charge < -0.3 is 4.90 Å². The summed E-state index contributed by atoms with van der Waals surface area (Å²) in [5.41, 5.74) is 4.03. The van der Waals surface area contributed by atoms with Gasteiger partial charge in [0.2, 0.25) is 0 Å². The smallest absolute Gasteiger partial charge is 0.126 e. The van der Waals surface area contributed by atoms with Gasteiger partial charge in [-0.2, -0.15) is 5.10 Å². The minimum Gasteiger partial charge on any atom is -0.306 e. The molecule has 0 aliphatic carbocycles. The summed E-state index contributed by atoms with van der Waals surface area (Å²) in [5, 5.41) is 7.28. The van der Waals surface area contributed by atoms with E-state index in [1.807, 2.05) is 19.9 Å². The van der Waals surface area contributed by atoms with E-state index in [1.165, 1.54) is 19.4 Å². The minimum absolute atomic E-state index is 0.509. The van der Waals surface area contributed by atoms with Gasteiger partial charge in [-0.25, -0.2) is 9.97 Å². The van der Waals surface area contributed by atoms with E-state index < -0.39 is 0 Å². The van der Waals surface area contributed by atoms with Crippen LogP contribution in [0.15, 0.2) is 12.1 Å². The molecule has 1 N–H and O–H groups in total. The monoisotopic (exact) mass is 271 g/mol. The normalized spacial score (nSPS) is 20.2. The Hall–Kier alpha value is -1.75. The second-order valence-corrected chi connectivity index (χ2v) is 5.76. The first-order valence-electron chi connectivity index (χ1n) is 7.18. The quantitative estimate of drug-likeness (QED) is 0.910. The van der Waals surface area contributed by atoms with E-state index in [-0.39, 0.29) is 0 Å². The van der Waals surface area contributed by atoms with Crippen molar-refractivity contribution in [1.82, 2.24) is 25.1 Å². The molecule has 5 heteroatoms. The molecule has 0 radical (unpaired) electrons. The number of hydrogen-bond acceptors (Lipinski definition) is 4. The molecule has 3 rings (SSSR count). The second-order valence-electron chi connectivity index (χ2n) is 5.76. The topological polar surface area (TPSA) is 57.7 Å². The Morgan fingerprint density at radius 2 is 2.05 bits per heavy atom. The molecular weight excluding hydrogens is 250 g/mol. The number of aromatic nitrogens is 4. The molecule has 0 unspecified atom stereocenters. The minimum atomic E-state index is 0.509. The Morgan fingerprint density at radius 1 is 1.20 bits per heavy atom. The van der Waals surface area contributed by atoms with Crippen LogP contribution in [0.5, 0.6) is 0 Å². The standard InChI is InChI=1S/C15H21N5/c1-10-7-15(19-18-10)14-8-13(16-11(2)17-14)12-5-4-6-20(3)9-12/h7-8,12H,4-6,9H2,1-3H3,(H,18,19)/t12-/m1/s1. The number of nitrogens with one attached hydrogen (secondary N) is 1. The Morgan fingerprint density at radius 3 is 2.75 bits per heavy atom. The van der Waals surface area contributed by atoms with Crippen LogP contribution in [0.25, 0.3) is 11.4 Å². The summed E-state index contributed by atoms with van der Waals surface area (Å²) >= 11 is 0. The summed E-state index contributed by atoms with van der Waals surface area (Å²) < 4.78 is 0. The fourth-order valence-electron chi connectivity index (χ4n) is 2.89. The van der Waals surface area contributed by atoms with E-state index in [2.05, 4.69) is 38.2 Å². The first-order valence-corrected chi connectivity index (χ1v) is 7.18. The van der Waals surface area contributed by atoms with Gasteiger partial charge in [-0.15, -0.1) is 0 Å². The fraction of sp³-hybridized carbons (Fsp3) is 0.533. The maximum atomic E-state index is 4.65. The van der Waals surface area contributed by atoms with Crippen LogP contribution in [-0.4, -0.2) is 45.2 Å². The molecule has 3 heterocycles. The summed E-state index contributed by atoms with van der Waals surface area (Å²) in [6.07, 6.45) is 2.45. The van der Waals surface area contributed by atoms with Crippen LogP contribution in [0, 0.1) is 13.8 Å². The van der Waals surface area contributed by atoms with E-state index in [0.717, 1.165) is 35.1 Å². The number of aromatic amines is 1. The van der Waals surface area contributed by atoms with Crippen LogP contribution in [-0.2, 0) is 0 Å². The van der Waals surface area contributed by atoms with Gasteiger partial charge in [0.25, 0.3) is 0 Å². The van der Waals surface area contributed by atoms with Crippen LogP contribution >= 0.6 is 0 Å². The molecular formula is C15H21N5. The van der Waals surface area contributed by atoms with Crippen LogP contribution in [0.2, 0.25) is 0 Å². The predicted octanol–water partition coefficient (Wildman–Crippen LogP) is 2.29. The lowest BCUT2D eigenvalue weighted by molar-refractivity contribution is 0.248. The number of piperidine rings is 1. The van der Waals surface area contributed by atoms with Gasteiger partial charge in [-0.05, 0) is 52.4 Å². The number of likely N-dealkylation sites (N-methyl/N-ethyl adjacent to an activating group) is 1. The maximum absolute atomic E-state index is 4.65. The molecule has 2 aromatic rings. The second kappa shape index (κ2) is 5.32. The molecule has 0 aromatic carbocycles. The van der Waals surface area contributed by atoms with E-state index in [4.69, 9.17) is 0 Å². The van der Waals surface area contributed by atoms with Crippen molar-refractivity contribution >= 4 is 0 Å². The molecule has 20 heavy (non-hydrogen) atoms. The van der Waals surface area contributed by atoms with E-state index >= 15 is 0 Å². The zero-order chi connectivity index (χ0) is 14.1. The van der Waals surface area contributed by atoms with Crippen LogP contribution in [0.4, 0.5) is 0 Å². The molecule has 1 atom stereocenters. The largest absolute Gasteiger partial charge is 0.306 e. The summed E-state index contributed by atoms with van der Waals surface area (Å²) in [7, 11) is 2.18. The van der Waals surface area contributed by atoms with Gasteiger partial charge >= 0.3 is 0 Å². The van der Waals surface area contributed by atoms with Gasteiger partial charge in [-0.1, -0.05) is 0 Å². The summed E-state index contributed by atoms with van der Waals surface area (Å²) in [5.74, 6) is 1.33. The summed E-state index contributed by atoms with van der Waals surface area (Å²) in [6.45, 7) is 6.22. The fourth-order valence-corrected chi connectivity index (χ4v) is 2.89. The molecule has 1 saturated heterocycles. The number of aryl methyl sites for hydroxylation is 2. The molecule has 1 aliphatic heterocycles. The van der Waals surface area contributed by atoms with Gasteiger partial charge in [0, 0.05) is 23.9 Å². The van der Waals surface area contributed by atoms with Crippen molar-refractivity contribution in [2.24, 2.45) is 0 Å². The van der Waals surface area contributed by atoms with Gasteiger partial charge in [0.05, 0.1) is 5.69 Å². The maximum Gasteiger partial charge on any atom is 0.126 e. The predicted molar refractivity (Wildman–Crippen MR) is 78.6 cm³/mol. The number of rotatable bonds is 2. The van der Waals surface area contributed by atoms with Crippen LogP contribution in [0.1, 0.15) is 36.0 Å². The zero-order valence-electron chi connectivity index (χ0n) is 12.3. The van der Waals surface area contributed by atoms with E-state index in [0.29, 0.717) is 5.92 Å². The Bertz CT molecular complexity index is 604. The SMILES string of the molecule is Cc1nc(-c2cc(C)[nH]n2)cc([C@@H]2CCCN(C)C2)n1. The van der Waals surface area contributed by atoms with Gasteiger partial charge in [0.15, 0.2) is 0 Å². The average Bonchev–Trinajstić information content (AvgIpc) is 2.85. The van der Waals surface area contributed by atoms with Crippen molar-refractivity contribution in [2.45, 2.75) is 32.6 Å². The molecule has 1 aliphatic rings.